The van der Waals surface area contributed by atoms with E-state index in [9.17, 15) is 13.2 Å². The van der Waals surface area contributed by atoms with Gasteiger partial charge in [0.1, 0.15) is 17.8 Å². The molecule has 0 amide bonds. The van der Waals surface area contributed by atoms with Crippen LogP contribution in [-0.2, 0) is 6.18 Å². The van der Waals surface area contributed by atoms with Gasteiger partial charge in [0.05, 0.1) is 17.5 Å². The number of fused-ring (bicyclic) bond motifs is 1. The molecule has 0 radical (unpaired) electrons. The number of benzene rings is 2. The molecule has 8 nitrogen and oxygen atoms in total. The summed E-state index contributed by atoms with van der Waals surface area (Å²) in [5, 5.41) is 7.62. The number of rotatable bonds is 5. The van der Waals surface area contributed by atoms with Gasteiger partial charge in [-0.15, -0.1) is 0 Å². The maximum absolute atomic E-state index is 12.8. The topological polar surface area (TPSA) is 116 Å². The fraction of sp³-hybridized carbons (Fsp3) is 0.296. The number of hydrogen-bond donors (Lipinski definition) is 3. The largest absolute Gasteiger partial charge is 0.457 e. The van der Waals surface area contributed by atoms with Crippen LogP contribution in [0.2, 0.25) is 0 Å². The van der Waals surface area contributed by atoms with Crippen molar-refractivity contribution in [3.05, 3.63) is 77.7 Å². The lowest BCUT2D eigenvalue weighted by Gasteiger charge is -2.25. The maximum Gasteiger partial charge on any atom is 0.416 e. The van der Waals surface area contributed by atoms with E-state index in [-0.39, 0.29) is 0 Å². The molecule has 11 heteroatoms. The monoisotopic (exact) mass is 525 g/mol. The van der Waals surface area contributed by atoms with E-state index >= 15 is 0 Å². The Hall–Kier alpha value is -4.12. The third-order valence-corrected chi connectivity index (χ3v) is 6.46. The molecule has 1 saturated carbocycles. The standard InChI is InChI=1S/C26H24F3N3O.CH6N4/c1-17-15-31-32-24(19-5-3-2-4-6-19)23(16-30-25(17)32)18-7-11-21(12-8-18)33-22-13-9-20(10-14-22)26(27,28)29;2-4-1-5-3/h7-16,19H,2-6H2,1H3;1H,2-3H2,(H,4,5). The zero-order valence-electron chi connectivity index (χ0n) is 20.9. The van der Waals surface area contributed by atoms with Gasteiger partial charge in [-0.2, -0.15) is 23.4 Å². The van der Waals surface area contributed by atoms with Gasteiger partial charge in [0, 0.05) is 23.2 Å². The van der Waals surface area contributed by atoms with Crippen LogP contribution >= 0.6 is 0 Å². The molecule has 1 aliphatic rings. The summed E-state index contributed by atoms with van der Waals surface area (Å²) < 4.78 is 46.0. The summed E-state index contributed by atoms with van der Waals surface area (Å²) in [6, 6.07) is 12.3. The Balaban J connectivity index is 0.000000617. The molecule has 0 atom stereocenters. The van der Waals surface area contributed by atoms with Crippen LogP contribution in [0.5, 0.6) is 11.5 Å². The van der Waals surface area contributed by atoms with Crippen molar-refractivity contribution >= 4 is 12.0 Å². The normalized spacial score (nSPS) is 14.3. The molecule has 38 heavy (non-hydrogen) atoms. The molecule has 4 aromatic rings. The zero-order valence-corrected chi connectivity index (χ0v) is 20.9. The highest BCUT2D eigenvalue weighted by Crippen LogP contribution is 2.39. The Morgan fingerprint density at radius 3 is 2.18 bits per heavy atom. The van der Waals surface area contributed by atoms with Crippen LogP contribution in [0.15, 0.2) is 66.0 Å². The Morgan fingerprint density at radius 1 is 1.00 bits per heavy atom. The van der Waals surface area contributed by atoms with Crippen LogP contribution in [0, 0.1) is 6.92 Å². The van der Waals surface area contributed by atoms with Crippen molar-refractivity contribution in [1.29, 1.82) is 0 Å². The molecule has 0 saturated heterocycles. The number of alkyl halides is 3. The van der Waals surface area contributed by atoms with Crippen molar-refractivity contribution in [2.75, 3.05) is 0 Å². The number of ether oxygens (including phenoxy) is 1. The summed E-state index contributed by atoms with van der Waals surface area (Å²) in [6.45, 7) is 2.02. The second kappa shape index (κ2) is 12.0. The predicted molar refractivity (Wildman–Crippen MR) is 141 cm³/mol. The number of aromatic nitrogens is 3. The minimum absolute atomic E-state index is 0.355. The van der Waals surface area contributed by atoms with E-state index in [2.05, 4.69) is 32.3 Å². The van der Waals surface area contributed by atoms with Crippen molar-refractivity contribution in [2.45, 2.75) is 51.1 Å². The lowest BCUT2D eigenvalue weighted by Crippen LogP contribution is -2.19. The molecule has 1 fully saturated rings. The first-order valence-corrected chi connectivity index (χ1v) is 12.3. The molecule has 2 heterocycles. The van der Waals surface area contributed by atoms with E-state index in [4.69, 9.17) is 4.74 Å². The molecule has 2 aromatic carbocycles. The summed E-state index contributed by atoms with van der Waals surface area (Å²) >= 11 is 0. The summed E-state index contributed by atoms with van der Waals surface area (Å²) in [7, 11) is 0. The van der Waals surface area contributed by atoms with E-state index in [0.717, 1.165) is 47.3 Å². The number of hydrazone groups is 1. The number of nitrogens with zero attached hydrogens (tertiary/aromatic N) is 4. The first kappa shape index (κ1) is 26.9. The molecular formula is C27H30F3N7O. The Morgan fingerprint density at radius 2 is 1.63 bits per heavy atom. The molecule has 5 N–H and O–H groups in total. The summed E-state index contributed by atoms with van der Waals surface area (Å²) in [5.74, 6) is 10.6. The van der Waals surface area contributed by atoms with Crippen molar-refractivity contribution in [2.24, 2.45) is 16.8 Å². The lowest BCUT2D eigenvalue weighted by molar-refractivity contribution is -0.137. The van der Waals surface area contributed by atoms with Crippen LogP contribution in [0.4, 0.5) is 13.2 Å². The van der Waals surface area contributed by atoms with Gasteiger partial charge in [-0.05, 0) is 61.7 Å². The van der Waals surface area contributed by atoms with E-state index < -0.39 is 11.7 Å². The maximum atomic E-state index is 12.8. The Labute approximate surface area is 218 Å². The molecule has 1 aliphatic carbocycles. The molecule has 5 rings (SSSR count). The summed E-state index contributed by atoms with van der Waals surface area (Å²) in [6.07, 6.45) is 6.59. The van der Waals surface area contributed by atoms with Gasteiger partial charge in [-0.1, -0.05) is 31.4 Å². The van der Waals surface area contributed by atoms with Crippen LogP contribution in [0.3, 0.4) is 0 Å². The highest BCUT2D eigenvalue weighted by molar-refractivity contribution is 5.69. The smallest absolute Gasteiger partial charge is 0.416 e. The van der Waals surface area contributed by atoms with Crippen LogP contribution in [0.1, 0.15) is 54.8 Å². The van der Waals surface area contributed by atoms with Gasteiger partial charge in [0.15, 0.2) is 5.65 Å². The van der Waals surface area contributed by atoms with Gasteiger partial charge < -0.3 is 16.0 Å². The lowest BCUT2D eigenvalue weighted by atomic mass is 9.84. The zero-order chi connectivity index (χ0) is 27.1. The van der Waals surface area contributed by atoms with Crippen molar-refractivity contribution in [3.63, 3.8) is 0 Å². The van der Waals surface area contributed by atoms with Crippen molar-refractivity contribution in [3.8, 4) is 22.6 Å². The molecule has 200 valence electrons. The molecule has 0 aliphatic heterocycles. The quantitative estimate of drug-likeness (QED) is 0.129. The third kappa shape index (κ3) is 6.23. The minimum atomic E-state index is -4.36. The first-order valence-electron chi connectivity index (χ1n) is 12.3. The second-order valence-corrected chi connectivity index (χ2v) is 9.05. The number of nitrogens with two attached hydrogens (primary N) is 2. The molecule has 0 spiro atoms. The fourth-order valence-electron chi connectivity index (χ4n) is 4.65. The highest BCUT2D eigenvalue weighted by atomic mass is 19.4. The fourth-order valence-corrected chi connectivity index (χ4v) is 4.65. The Kier molecular flexibility index (Phi) is 8.47. The van der Waals surface area contributed by atoms with Gasteiger partial charge >= 0.3 is 6.18 Å². The number of aryl methyl sites for hydroxylation is 1. The number of halogens is 3. The molecule has 2 aromatic heterocycles. The van der Waals surface area contributed by atoms with E-state index in [1.165, 1.54) is 43.4 Å². The first-order chi connectivity index (χ1) is 18.3. The number of hydrogen-bond acceptors (Lipinski definition) is 6. The summed E-state index contributed by atoms with van der Waals surface area (Å²) in [5.41, 5.74) is 6.61. The molecular weight excluding hydrogens is 495 g/mol. The average Bonchev–Trinajstić information content (AvgIpc) is 3.30. The molecule has 0 unspecified atom stereocenters. The second-order valence-electron chi connectivity index (χ2n) is 9.05. The van der Waals surface area contributed by atoms with Crippen LogP contribution in [-0.4, -0.2) is 20.9 Å². The number of nitrogens with one attached hydrogen (secondary N) is 1. The van der Waals surface area contributed by atoms with Gasteiger partial charge in [-0.3, -0.25) is 0 Å². The van der Waals surface area contributed by atoms with Crippen molar-refractivity contribution < 1.29 is 17.9 Å². The number of hydrazine groups is 1. The highest BCUT2D eigenvalue weighted by Gasteiger charge is 2.30. The van der Waals surface area contributed by atoms with Gasteiger partial charge in [0.2, 0.25) is 0 Å². The molecule has 0 bridgehead atoms. The van der Waals surface area contributed by atoms with E-state index in [0.29, 0.717) is 17.4 Å². The SMILES string of the molecule is Cc1cnn2c(C3CCCCC3)c(-c3ccc(Oc4ccc(C(F)(F)F)cc4)cc3)cnc12.N/N=C\NN. The van der Waals surface area contributed by atoms with Gasteiger partial charge in [0.25, 0.3) is 0 Å². The van der Waals surface area contributed by atoms with E-state index in [1.54, 1.807) is 0 Å². The predicted octanol–water partition coefficient (Wildman–Crippen LogP) is 5.92. The summed E-state index contributed by atoms with van der Waals surface area (Å²) in [4.78, 5) is 4.67. The average molecular weight is 526 g/mol. The van der Waals surface area contributed by atoms with Gasteiger partial charge in [-0.25, -0.2) is 15.3 Å². The third-order valence-electron chi connectivity index (χ3n) is 6.46. The Bertz CT molecular complexity index is 1360. The van der Waals surface area contributed by atoms with Crippen molar-refractivity contribution in [1.82, 2.24) is 20.0 Å². The van der Waals surface area contributed by atoms with E-state index in [1.807, 2.05) is 48.1 Å². The van der Waals surface area contributed by atoms with Crippen LogP contribution in [0.25, 0.3) is 16.8 Å². The van der Waals surface area contributed by atoms with Crippen LogP contribution < -0.4 is 21.8 Å². The minimum Gasteiger partial charge on any atom is -0.457 e.